The summed E-state index contributed by atoms with van der Waals surface area (Å²) in [6.45, 7) is 1.27. The van der Waals surface area contributed by atoms with Gasteiger partial charge in [0.1, 0.15) is 26.4 Å². The van der Waals surface area contributed by atoms with Crippen molar-refractivity contribution in [2.45, 2.75) is 19.4 Å². The number of carbonyl (C=O) groups is 2. The van der Waals surface area contributed by atoms with E-state index in [0.717, 1.165) is 0 Å². The van der Waals surface area contributed by atoms with Crippen molar-refractivity contribution in [2.24, 2.45) is 22.9 Å². The largest absolute Gasteiger partial charge is 0.488 e. The van der Waals surface area contributed by atoms with Crippen LogP contribution in [0.4, 0.5) is 0 Å². The van der Waals surface area contributed by atoms with E-state index in [1.165, 1.54) is 0 Å². The molecule has 2 rings (SSSR count). The van der Waals surface area contributed by atoms with Gasteiger partial charge in [-0.3, -0.25) is 25.8 Å². The van der Waals surface area contributed by atoms with E-state index in [4.69, 9.17) is 63.2 Å². The Kier molecular flexibility index (Phi) is 15.6. The van der Waals surface area contributed by atoms with Gasteiger partial charge in [-0.2, -0.15) is 0 Å². The van der Waals surface area contributed by atoms with Crippen molar-refractivity contribution >= 4 is 29.8 Å². The van der Waals surface area contributed by atoms with Gasteiger partial charge in [0, 0.05) is 36.2 Å². The smallest absolute Gasteiger partial charge is 0.303 e. The average molecular weight is 646 g/mol. The van der Waals surface area contributed by atoms with Crippen molar-refractivity contribution in [3.63, 3.8) is 0 Å². The first kappa shape index (κ1) is 36.5. The number of para-hydroxylation sites is 1. The van der Waals surface area contributed by atoms with Crippen molar-refractivity contribution in [2.75, 3.05) is 52.6 Å². The molecule has 2 aromatic rings. The second-order valence-corrected chi connectivity index (χ2v) is 9.44. The number of aliphatic carboxylic acids is 1. The van der Waals surface area contributed by atoms with Gasteiger partial charge in [0.25, 0.3) is 0 Å². The van der Waals surface area contributed by atoms with E-state index in [1.54, 1.807) is 30.3 Å². The third-order valence-electron chi connectivity index (χ3n) is 5.87. The van der Waals surface area contributed by atoms with Crippen LogP contribution in [0.1, 0.15) is 18.4 Å². The number of carboxylic acids is 1. The molecule has 0 unspecified atom stereocenters. The molecule has 46 heavy (non-hydrogen) atoms. The minimum absolute atomic E-state index is 0.00701. The number of nitrogens with one attached hydrogen (secondary N) is 7. The van der Waals surface area contributed by atoms with Crippen molar-refractivity contribution in [3.05, 3.63) is 35.9 Å². The first-order valence-corrected chi connectivity index (χ1v) is 14.3. The Morgan fingerprint density at radius 1 is 0.674 bits per heavy atom. The molecular formula is C28H43N11O7. The molecule has 0 aliphatic carbocycles. The molecule has 0 heterocycles. The Morgan fingerprint density at radius 3 is 1.78 bits per heavy atom. The van der Waals surface area contributed by atoms with Crippen LogP contribution < -0.4 is 63.1 Å². The van der Waals surface area contributed by atoms with Gasteiger partial charge in [-0.1, -0.05) is 18.2 Å². The maximum absolute atomic E-state index is 12.3. The quantitative estimate of drug-likeness (QED) is 0.0429. The Balaban J connectivity index is 2.60. The molecule has 0 atom stereocenters. The summed E-state index contributed by atoms with van der Waals surface area (Å²) in [6.07, 6.45) is -0.507. The average Bonchev–Trinajstić information content (AvgIpc) is 3.00. The molecule has 0 aliphatic heterocycles. The van der Waals surface area contributed by atoms with E-state index in [0.29, 0.717) is 28.2 Å². The summed E-state index contributed by atoms with van der Waals surface area (Å²) in [5, 5.41) is 41.9. The summed E-state index contributed by atoms with van der Waals surface area (Å²) in [6, 6.07) is 8.71. The van der Waals surface area contributed by atoms with Gasteiger partial charge in [-0.15, -0.1) is 0 Å². The zero-order valence-corrected chi connectivity index (χ0v) is 25.4. The molecule has 0 fully saturated rings. The highest BCUT2D eigenvalue weighted by Crippen LogP contribution is 2.46. The van der Waals surface area contributed by atoms with E-state index < -0.39 is 11.9 Å². The van der Waals surface area contributed by atoms with Crippen LogP contribution >= 0.6 is 0 Å². The minimum Gasteiger partial charge on any atom is -0.488 e. The van der Waals surface area contributed by atoms with Crippen LogP contribution in [0.2, 0.25) is 0 Å². The van der Waals surface area contributed by atoms with Crippen LogP contribution in [0.5, 0.6) is 23.0 Å². The lowest BCUT2D eigenvalue weighted by molar-refractivity contribution is -0.138. The molecule has 0 spiro atoms. The predicted octanol–water partition coefficient (Wildman–Crippen LogP) is -1.24. The lowest BCUT2D eigenvalue weighted by Crippen LogP contribution is -2.34. The molecule has 16 N–H and O–H groups in total. The standard InChI is InChI=1S/C28H43N11O7/c29-8-12-44-23-17(16-39-21(40)6-7-22(41)42)4-5-19(25(23)46-15-11-38-28(34)35)18-2-1-3-20(43-13-9-36-26(30)31)24(18)45-14-10-37-27(32)33/h1-5H,6-16,29H2,(H,39,40)(H,41,42)(H4,30,31,36)(H4,32,33,37)(H4,34,35,38). The number of guanidine groups is 3. The van der Waals surface area contributed by atoms with Crippen LogP contribution in [0.3, 0.4) is 0 Å². The van der Waals surface area contributed by atoms with Crippen LogP contribution in [0.15, 0.2) is 30.3 Å². The fraction of sp³-hybridized carbons (Fsp3) is 0.393. The Labute approximate surface area is 266 Å². The minimum atomic E-state index is -1.09. The first-order chi connectivity index (χ1) is 22.0. The van der Waals surface area contributed by atoms with E-state index in [2.05, 4.69) is 21.3 Å². The lowest BCUT2D eigenvalue weighted by atomic mass is 9.99. The molecule has 0 bridgehead atoms. The summed E-state index contributed by atoms with van der Waals surface area (Å²) in [4.78, 5) is 23.2. The summed E-state index contributed by atoms with van der Waals surface area (Å²) in [7, 11) is 0. The SMILES string of the molecule is N=C(N)NCCOc1cccc(-c2ccc(CNC(=O)CCC(=O)O)c(OCCN)c2OCCNC(=N)N)c1OCCNC(=N)N. The molecule has 0 radical (unpaired) electrons. The molecule has 2 aromatic carbocycles. The summed E-state index contributed by atoms with van der Waals surface area (Å²) in [5.74, 6) is -0.930. The fourth-order valence-corrected chi connectivity index (χ4v) is 3.93. The third-order valence-corrected chi connectivity index (χ3v) is 5.87. The van der Waals surface area contributed by atoms with E-state index in [1.807, 2.05) is 0 Å². The molecule has 0 saturated heterocycles. The Bertz CT molecular complexity index is 1360. The van der Waals surface area contributed by atoms with Gasteiger partial charge in [-0.25, -0.2) is 0 Å². The topological polar surface area (TPSA) is 315 Å². The van der Waals surface area contributed by atoms with Crippen molar-refractivity contribution in [1.29, 1.82) is 16.2 Å². The number of hydrogen-bond donors (Lipinski definition) is 12. The second-order valence-electron chi connectivity index (χ2n) is 9.44. The molecule has 0 aliphatic rings. The summed E-state index contributed by atoms with van der Waals surface area (Å²) >= 11 is 0. The van der Waals surface area contributed by atoms with E-state index >= 15 is 0 Å². The number of amides is 1. The van der Waals surface area contributed by atoms with Gasteiger partial charge in [0.05, 0.1) is 26.1 Å². The highest BCUT2D eigenvalue weighted by atomic mass is 16.5. The second kappa shape index (κ2) is 19.6. The molecular weight excluding hydrogens is 602 g/mol. The van der Waals surface area contributed by atoms with Gasteiger partial charge < -0.3 is 68.3 Å². The highest BCUT2D eigenvalue weighted by Gasteiger charge is 2.23. The summed E-state index contributed by atoms with van der Waals surface area (Å²) in [5.41, 5.74) is 23.6. The number of rotatable bonds is 21. The molecule has 252 valence electrons. The number of hydrogen-bond acceptors (Lipinski definition) is 10. The molecule has 18 heteroatoms. The number of ether oxygens (including phenoxy) is 4. The molecule has 0 saturated carbocycles. The lowest BCUT2D eigenvalue weighted by Gasteiger charge is -2.22. The van der Waals surface area contributed by atoms with Crippen molar-refractivity contribution in [3.8, 4) is 34.1 Å². The first-order valence-electron chi connectivity index (χ1n) is 14.3. The number of carboxylic acid groups (broad SMARTS) is 1. The van der Waals surface area contributed by atoms with Crippen LogP contribution in [0.25, 0.3) is 11.1 Å². The zero-order valence-electron chi connectivity index (χ0n) is 25.4. The zero-order chi connectivity index (χ0) is 33.9. The van der Waals surface area contributed by atoms with Crippen molar-refractivity contribution < 1.29 is 33.6 Å². The monoisotopic (exact) mass is 645 g/mol. The maximum Gasteiger partial charge on any atom is 0.303 e. The van der Waals surface area contributed by atoms with Gasteiger partial charge in [-0.05, 0) is 12.1 Å². The number of nitrogens with two attached hydrogens (primary N) is 4. The fourth-order valence-electron chi connectivity index (χ4n) is 3.93. The van der Waals surface area contributed by atoms with Gasteiger partial charge in [0.15, 0.2) is 40.9 Å². The number of carbonyl (C=O) groups excluding carboxylic acids is 1. The Hall–Kier alpha value is -5.65. The summed E-state index contributed by atoms with van der Waals surface area (Å²) < 4.78 is 24.3. The molecule has 18 nitrogen and oxygen atoms in total. The molecule has 1 amide bonds. The molecule has 0 aromatic heterocycles. The predicted molar refractivity (Wildman–Crippen MR) is 171 cm³/mol. The van der Waals surface area contributed by atoms with Crippen LogP contribution in [-0.2, 0) is 16.1 Å². The van der Waals surface area contributed by atoms with E-state index in [9.17, 15) is 9.59 Å². The van der Waals surface area contributed by atoms with Crippen LogP contribution in [0, 0.1) is 16.2 Å². The number of benzene rings is 2. The van der Waals surface area contributed by atoms with Gasteiger partial charge in [0.2, 0.25) is 5.91 Å². The third kappa shape index (κ3) is 12.9. The van der Waals surface area contributed by atoms with Crippen molar-refractivity contribution in [1.82, 2.24) is 21.3 Å². The maximum atomic E-state index is 12.3. The normalized spacial score (nSPS) is 10.3. The Morgan fingerprint density at radius 2 is 1.22 bits per heavy atom. The van der Waals surface area contributed by atoms with Crippen LogP contribution in [-0.4, -0.2) is 87.5 Å². The van der Waals surface area contributed by atoms with Gasteiger partial charge >= 0.3 is 5.97 Å². The van der Waals surface area contributed by atoms with E-state index in [-0.39, 0.29) is 101 Å². The highest BCUT2D eigenvalue weighted by molar-refractivity contribution is 5.83.